The van der Waals surface area contributed by atoms with Gasteiger partial charge in [0.1, 0.15) is 24.2 Å². The molecule has 0 aromatic heterocycles. The maximum atomic E-state index is 13.4. The molecule has 218 valence electrons. The Labute approximate surface area is 234 Å². The molecule has 0 aliphatic heterocycles. The minimum Gasteiger partial charge on any atom is -0.480 e. The lowest BCUT2D eigenvalue weighted by Gasteiger charge is -2.26. The van der Waals surface area contributed by atoms with Crippen LogP contribution in [0.25, 0.3) is 0 Å². The Morgan fingerprint density at radius 1 is 0.897 bits per heavy atom. The van der Waals surface area contributed by atoms with Crippen LogP contribution in [0, 0.1) is 5.92 Å². The number of benzene rings is 1. The van der Waals surface area contributed by atoms with Crippen LogP contribution in [0.2, 0.25) is 0 Å². The number of amides is 4. The third-order valence-electron chi connectivity index (χ3n) is 6.01. The molecule has 0 unspecified atom stereocenters. The zero-order valence-corrected chi connectivity index (χ0v) is 23.8. The lowest BCUT2D eigenvalue weighted by Crippen LogP contribution is -2.58. The monoisotopic (exact) mass is 565 g/mol. The molecule has 11 nitrogen and oxygen atoms in total. The Kier molecular flexibility index (Phi) is 16.5. The average molecular weight is 566 g/mol. The maximum absolute atomic E-state index is 13.4. The first-order valence-electron chi connectivity index (χ1n) is 13.2. The summed E-state index contributed by atoms with van der Waals surface area (Å²) >= 11 is 1.53. The zero-order chi connectivity index (χ0) is 29.2. The molecule has 1 aromatic carbocycles. The average Bonchev–Trinajstić information content (AvgIpc) is 2.89. The highest BCUT2D eigenvalue weighted by Gasteiger charge is 2.31. The van der Waals surface area contributed by atoms with Crippen LogP contribution < -0.4 is 27.0 Å². The molecule has 4 amide bonds. The number of carboxylic acid groups (broad SMARTS) is 1. The van der Waals surface area contributed by atoms with Crippen LogP contribution in [-0.2, 0) is 30.4 Å². The standard InChI is InChI=1S/C27H43N5O6S/c1-18(2)15-22(31-24(34)20(29-17-33)12-14-39-3)25(35)32-23(16-19-9-5-4-6-10-19)26(36)30-21(27(37)38)11-7-8-13-28/h4-6,9-10,17-18,20-23H,7-8,11-16,28H2,1-3H3,(H,29,33)(H,30,36)(H,31,34)(H,32,35)(H,37,38)/t20-,21+,22+,23-/m0/s1. The van der Waals surface area contributed by atoms with Gasteiger partial charge >= 0.3 is 5.97 Å². The van der Waals surface area contributed by atoms with Crippen LogP contribution in [0.1, 0.15) is 51.5 Å². The summed E-state index contributed by atoms with van der Waals surface area (Å²) in [4.78, 5) is 62.4. The molecule has 0 bridgehead atoms. The molecule has 0 heterocycles. The summed E-state index contributed by atoms with van der Waals surface area (Å²) in [6, 6.07) is 5.06. The van der Waals surface area contributed by atoms with Crippen molar-refractivity contribution >= 4 is 41.9 Å². The Balaban J connectivity index is 3.13. The molecule has 7 N–H and O–H groups in total. The largest absolute Gasteiger partial charge is 0.480 e. The summed E-state index contributed by atoms with van der Waals surface area (Å²) in [5.74, 6) is -2.21. The van der Waals surface area contributed by atoms with E-state index in [0.717, 1.165) is 5.56 Å². The summed E-state index contributed by atoms with van der Waals surface area (Å²) < 4.78 is 0. The van der Waals surface area contributed by atoms with Gasteiger partial charge in [-0.25, -0.2) is 4.79 Å². The van der Waals surface area contributed by atoms with Gasteiger partial charge in [-0.2, -0.15) is 11.8 Å². The minimum absolute atomic E-state index is 0.0325. The number of carboxylic acids is 1. The number of thioether (sulfide) groups is 1. The first kappa shape index (κ1) is 33.9. The molecule has 0 radical (unpaired) electrons. The van der Waals surface area contributed by atoms with Crippen molar-refractivity contribution in [3.05, 3.63) is 35.9 Å². The predicted molar refractivity (Wildman–Crippen MR) is 152 cm³/mol. The van der Waals surface area contributed by atoms with Gasteiger partial charge in [0, 0.05) is 6.42 Å². The van der Waals surface area contributed by atoms with Crippen LogP contribution >= 0.6 is 11.8 Å². The van der Waals surface area contributed by atoms with Gasteiger partial charge in [-0.1, -0.05) is 44.2 Å². The Morgan fingerprint density at radius 3 is 2.05 bits per heavy atom. The molecule has 0 saturated carbocycles. The van der Waals surface area contributed by atoms with Gasteiger partial charge in [-0.15, -0.1) is 0 Å². The van der Waals surface area contributed by atoms with E-state index in [1.807, 2.05) is 26.2 Å². The predicted octanol–water partition coefficient (Wildman–Crippen LogP) is 0.811. The molecular weight excluding hydrogens is 522 g/mol. The smallest absolute Gasteiger partial charge is 0.326 e. The fraction of sp³-hybridized carbons (Fsp3) is 0.593. The Bertz CT molecular complexity index is 917. The van der Waals surface area contributed by atoms with E-state index in [-0.39, 0.29) is 18.8 Å². The van der Waals surface area contributed by atoms with E-state index in [1.165, 1.54) is 11.8 Å². The third kappa shape index (κ3) is 13.5. The highest BCUT2D eigenvalue weighted by atomic mass is 32.2. The molecule has 12 heteroatoms. The van der Waals surface area contributed by atoms with Crippen molar-refractivity contribution in [2.45, 2.75) is 76.5 Å². The zero-order valence-electron chi connectivity index (χ0n) is 23.0. The third-order valence-corrected chi connectivity index (χ3v) is 6.66. The molecular formula is C27H43N5O6S. The highest BCUT2D eigenvalue weighted by molar-refractivity contribution is 7.98. The van der Waals surface area contributed by atoms with Crippen LogP contribution in [0.3, 0.4) is 0 Å². The second kappa shape index (κ2) is 19.0. The van der Waals surface area contributed by atoms with Gasteiger partial charge in [-0.3, -0.25) is 19.2 Å². The topological polar surface area (TPSA) is 180 Å². The number of nitrogens with two attached hydrogens (primary N) is 1. The highest BCUT2D eigenvalue weighted by Crippen LogP contribution is 2.10. The van der Waals surface area contributed by atoms with E-state index in [0.29, 0.717) is 44.4 Å². The molecule has 39 heavy (non-hydrogen) atoms. The second-order valence-corrected chi connectivity index (χ2v) is 10.7. The van der Waals surface area contributed by atoms with Crippen molar-refractivity contribution in [3.8, 4) is 0 Å². The van der Waals surface area contributed by atoms with Gasteiger partial charge < -0.3 is 32.1 Å². The fourth-order valence-electron chi connectivity index (χ4n) is 3.94. The van der Waals surface area contributed by atoms with Gasteiger partial charge in [0.05, 0.1) is 0 Å². The lowest BCUT2D eigenvalue weighted by atomic mass is 10.00. The van der Waals surface area contributed by atoms with E-state index < -0.39 is 47.9 Å². The van der Waals surface area contributed by atoms with E-state index in [4.69, 9.17) is 5.73 Å². The second-order valence-electron chi connectivity index (χ2n) is 9.74. The van der Waals surface area contributed by atoms with Crippen molar-refractivity contribution in [3.63, 3.8) is 0 Å². The van der Waals surface area contributed by atoms with Crippen molar-refractivity contribution in [2.24, 2.45) is 11.7 Å². The Morgan fingerprint density at radius 2 is 1.49 bits per heavy atom. The summed E-state index contributed by atoms with van der Waals surface area (Å²) in [6.07, 6.45) is 4.50. The normalized spacial score (nSPS) is 14.0. The maximum Gasteiger partial charge on any atom is 0.326 e. The molecule has 1 rings (SSSR count). The van der Waals surface area contributed by atoms with Gasteiger partial charge in [-0.05, 0) is 62.1 Å². The molecule has 0 spiro atoms. The van der Waals surface area contributed by atoms with E-state index in [1.54, 1.807) is 24.3 Å². The van der Waals surface area contributed by atoms with Crippen LogP contribution in [0.15, 0.2) is 30.3 Å². The van der Waals surface area contributed by atoms with Crippen molar-refractivity contribution in [1.29, 1.82) is 0 Å². The first-order chi connectivity index (χ1) is 18.6. The fourth-order valence-corrected chi connectivity index (χ4v) is 4.41. The lowest BCUT2D eigenvalue weighted by molar-refractivity contribution is -0.142. The van der Waals surface area contributed by atoms with Crippen LogP contribution in [-0.4, -0.2) is 77.9 Å². The van der Waals surface area contributed by atoms with Gasteiger partial charge in [0.15, 0.2) is 0 Å². The summed E-state index contributed by atoms with van der Waals surface area (Å²) in [7, 11) is 0. The molecule has 0 fully saturated rings. The van der Waals surface area contributed by atoms with E-state index >= 15 is 0 Å². The van der Waals surface area contributed by atoms with Gasteiger partial charge in [0.2, 0.25) is 24.1 Å². The molecule has 0 aliphatic rings. The SMILES string of the molecule is CSCC[C@H](NC=O)C(=O)N[C@H](CC(C)C)C(=O)N[C@@H](Cc1ccccc1)C(=O)N[C@H](CCCCN)C(=O)O. The van der Waals surface area contributed by atoms with E-state index in [9.17, 15) is 29.1 Å². The number of aliphatic carboxylic acids is 1. The number of rotatable bonds is 20. The van der Waals surface area contributed by atoms with Crippen molar-refractivity contribution in [2.75, 3.05) is 18.6 Å². The molecule has 4 atom stereocenters. The summed E-state index contributed by atoms with van der Waals surface area (Å²) in [5.41, 5.74) is 6.27. The first-order valence-corrected chi connectivity index (χ1v) is 14.6. The number of unbranched alkanes of at least 4 members (excludes halogenated alkanes) is 1. The minimum atomic E-state index is -1.17. The van der Waals surface area contributed by atoms with Crippen LogP contribution in [0.5, 0.6) is 0 Å². The number of carbonyl (C=O) groups is 5. The summed E-state index contributed by atoms with van der Waals surface area (Å²) in [5, 5.41) is 20.1. The number of nitrogens with one attached hydrogen (secondary N) is 4. The van der Waals surface area contributed by atoms with Crippen molar-refractivity contribution in [1.82, 2.24) is 21.3 Å². The van der Waals surface area contributed by atoms with Crippen LogP contribution in [0.4, 0.5) is 0 Å². The van der Waals surface area contributed by atoms with Gasteiger partial charge in [0.25, 0.3) is 0 Å². The number of carbonyl (C=O) groups excluding carboxylic acids is 4. The molecule has 1 aromatic rings. The number of hydrogen-bond acceptors (Lipinski definition) is 7. The molecule has 0 saturated heterocycles. The molecule has 0 aliphatic carbocycles. The van der Waals surface area contributed by atoms with Crippen molar-refractivity contribution < 1.29 is 29.1 Å². The quantitative estimate of drug-likeness (QED) is 0.0992. The summed E-state index contributed by atoms with van der Waals surface area (Å²) in [6.45, 7) is 4.21. The Hall–Kier alpha value is -3.12. The van der Waals surface area contributed by atoms with E-state index in [2.05, 4.69) is 21.3 Å². The number of hydrogen-bond donors (Lipinski definition) is 6.